The van der Waals surface area contributed by atoms with Gasteiger partial charge in [0.2, 0.25) is 0 Å². The van der Waals surface area contributed by atoms with Gasteiger partial charge in [-0.1, -0.05) is 0 Å². The standard InChI is InChI=1S/C19H15F2N5O2/c1-12(20)3-4-17(22-2)25-19(27)16-8-15(11-26-6-5-24-18(16)26)28-14-7-13(21)9-23-10-14/h3-11H,2H2,1H3,(H,25,27)/b12-3+,17-4+. The third kappa shape index (κ3) is 4.44. The van der Waals surface area contributed by atoms with E-state index in [9.17, 15) is 13.6 Å². The molecule has 142 valence electrons. The van der Waals surface area contributed by atoms with Crippen molar-refractivity contribution in [2.75, 3.05) is 0 Å². The molecule has 7 nitrogen and oxygen atoms in total. The van der Waals surface area contributed by atoms with Crippen molar-refractivity contribution in [1.82, 2.24) is 19.7 Å². The summed E-state index contributed by atoms with van der Waals surface area (Å²) in [6, 6.07) is 2.61. The lowest BCUT2D eigenvalue weighted by molar-refractivity contribution is 0.0966. The number of allylic oxidation sites excluding steroid dienone is 3. The summed E-state index contributed by atoms with van der Waals surface area (Å²) < 4.78 is 33.4. The van der Waals surface area contributed by atoms with E-state index in [0.29, 0.717) is 5.65 Å². The second kappa shape index (κ2) is 8.21. The Labute approximate surface area is 158 Å². The van der Waals surface area contributed by atoms with E-state index in [1.165, 1.54) is 37.5 Å². The Morgan fingerprint density at radius 2 is 2.14 bits per heavy atom. The molecule has 0 aliphatic heterocycles. The molecule has 0 bridgehead atoms. The first-order valence-corrected chi connectivity index (χ1v) is 8.03. The molecule has 1 N–H and O–H groups in total. The minimum absolute atomic E-state index is 0.0624. The molecule has 3 heterocycles. The van der Waals surface area contributed by atoms with Crippen LogP contribution in [0.1, 0.15) is 17.3 Å². The van der Waals surface area contributed by atoms with Crippen LogP contribution in [0.25, 0.3) is 5.65 Å². The number of rotatable bonds is 6. The van der Waals surface area contributed by atoms with Gasteiger partial charge in [-0.2, -0.15) is 0 Å². The summed E-state index contributed by atoms with van der Waals surface area (Å²) in [5.41, 5.74) is 0.533. The molecule has 0 atom stereocenters. The smallest absolute Gasteiger partial charge is 0.260 e. The minimum Gasteiger partial charge on any atom is -0.454 e. The lowest BCUT2D eigenvalue weighted by Gasteiger charge is -2.10. The van der Waals surface area contributed by atoms with Crippen molar-refractivity contribution in [3.8, 4) is 11.5 Å². The first kappa shape index (κ1) is 18.9. The Balaban J connectivity index is 1.94. The molecule has 28 heavy (non-hydrogen) atoms. The van der Waals surface area contributed by atoms with Gasteiger partial charge in [-0.05, 0) is 31.9 Å². The maximum absolute atomic E-state index is 13.3. The summed E-state index contributed by atoms with van der Waals surface area (Å²) in [5, 5.41) is 2.52. The molecule has 0 radical (unpaired) electrons. The average Bonchev–Trinajstić information content (AvgIpc) is 3.12. The lowest BCUT2D eigenvalue weighted by Crippen LogP contribution is -2.22. The highest BCUT2D eigenvalue weighted by molar-refractivity contribution is 6.01. The van der Waals surface area contributed by atoms with Crippen molar-refractivity contribution < 1.29 is 18.3 Å². The quantitative estimate of drug-likeness (QED) is 0.519. The number of amides is 1. The van der Waals surface area contributed by atoms with Gasteiger partial charge < -0.3 is 14.5 Å². The fourth-order valence-electron chi connectivity index (χ4n) is 2.33. The monoisotopic (exact) mass is 383 g/mol. The van der Waals surface area contributed by atoms with Crippen molar-refractivity contribution in [2.45, 2.75) is 6.92 Å². The van der Waals surface area contributed by atoms with Gasteiger partial charge in [-0.25, -0.2) is 18.8 Å². The first-order chi connectivity index (χ1) is 13.5. The van der Waals surface area contributed by atoms with E-state index < -0.39 is 17.6 Å². The van der Waals surface area contributed by atoms with E-state index in [1.807, 2.05) is 0 Å². The van der Waals surface area contributed by atoms with Crippen LogP contribution in [0.15, 0.2) is 71.9 Å². The molecule has 1 amide bonds. The van der Waals surface area contributed by atoms with Crippen LogP contribution in [0.5, 0.6) is 11.5 Å². The number of nitrogens with zero attached hydrogens (tertiary/aromatic N) is 4. The van der Waals surface area contributed by atoms with Crippen LogP contribution in [-0.4, -0.2) is 27.0 Å². The SMILES string of the molecule is C=N/C(=C\C=C(/C)F)NC(=O)c1cc(Oc2cncc(F)c2)cn2ccnc12. The number of carbonyl (C=O) groups excluding carboxylic acids is 1. The molecule has 0 aliphatic carbocycles. The first-order valence-electron chi connectivity index (χ1n) is 8.03. The van der Waals surface area contributed by atoms with E-state index in [0.717, 1.165) is 12.3 Å². The van der Waals surface area contributed by atoms with E-state index in [-0.39, 0.29) is 22.9 Å². The molecule has 0 aromatic carbocycles. The van der Waals surface area contributed by atoms with Crippen LogP contribution in [0.3, 0.4) is 0 Å². The number of hydrogen-bond acceptors (Lipinski definition) is 5. The number of pyridine rings is 2. The van der Waals surface area contributed by atoms with Crippen molar-refractivity contribution >= 4 is 18.3 Å². The van der Waals surface area contributed by atoms with E-state index in [1.54, 1.807) is 16.8 Å². The summed E-state index contributed by atoms with van der Waals surface area (Å²) in [5.74, 6) is -1.07. The molecule has 3 aromatic rings. The maximum atomic E-state index is 13.3. The number of hydrogen-bond donors (Lipinski definition) is 1. The van der Waals surface area contributed by atoms with E-state index in [2.05, 4.69) is 27.0 Å². The van der Waals surface area contributed by atoms with Crippen molar-refractivity contribution in [3.05, 3.63) is 78.3 Å². The van der Waals surface area contributed by atoms with Gasteiger partial charge in [-0.3, -0.25) is 9.78 Å². The second-order valence-electron chi connectivity index (χ2n) is 5.61. The van der Waals surface area contributed by atoms with E-state index >= 15 is 0 Å². The topological polar surface area (TPSA) is 80.9 Å². The van der Waals surface area contributed by atoms with E-state index in [4.69, 9.17) is 4.74 Å². The van der Waals surface area contributed by atoms with Gasteiger partial charge in [0.1, 0.15) is 28.8 Å². The maximum Gasteiger partial charge on any atom is 0.260 e. The lowest BCUT2D eigenvalue weighted by atomic mass is 10.2. The van der Waals surface area contributed by atoms with Crippen LogP contribution in [0.2, 0.25) is 0 Å². The fraction of sp³-hybridized carbons (Fsp3) is 0.0526. The number of aliphatic imine (C=N–C) groups is 1. The van der Waals surface area contributed by atoms with Crippen LogP contribution in [0.4, 0.5) is 8.78 Å². The van der Waals surface area contributed by atoms with Crippen molar-refractivity contribution in [3.63, 3.8) is 0 Å². The third-order valence-corrected chi connectivity index (χ3v) is 3.51. The van der Waals surface area contributed by atoms with Crippen LogP contribution < -0.4 is 10.1 Å². The minimum atomic E-state index is -0.553. The van der Waals surface area contributed by atoms with Crippen LogP contribution in [-0.2, 0) is 0 Å². The molecule has 3 aromatic heterocycles. The Morgan fingerprint density at radius 1 is 1.32 bits per heavy atom. The Kier molecular flexibility index (Phi) is 5.54. The molecular formula is C19H15F2N5O2. The molecule has 0 saturated carbocycles. The Hall–Kier alpha value is -3.88. The highest BCUT2D eigenvalue weighted by atomic mass is 19.1. The average molecular weight is 383 g/mol. The fourth-order valence-corrected chi connectivity index (χ4v) is 2.33. The number of aromatic nitrogens is 3. The van der Waals surface area contributed by atoms with Gasteiger partial charge in [0.25, 0.3) is 5.91 Å². The van der Waals surface area contributed by atoms with Crippen molar-refractivity contribution in [2.24, 2.45) is 4.99 Å². The van der Waals surface area contributed by atoms with Crippen molar-refractivity contribution in [1.29, 1.82) is 0 Å². The number of imidazole rings is 1. The highest BCUT2D eigenvalue weighted by Crippen LogP contribution is 2.24. The Bertz CT molecular complexity index is 1100. The zero-order chi connectivity index (χ0) is 20.1. The molecule has 9 heteroatoms. The van der Waals surface area contributed by atoms with Gasteiger partial charge >= 0.3 is 0 Å². The predicted octanol–water partition coefficient (Wildman–Crippen LogP) is 3.81. The molecule has 0 spiro atoms. The highest BCUT2D eigenvalue weighted by Gasteiger charge is 2.15. The molecular weight excluding hydrogens is 368 g/mol. The van der Waals surface area contributed by atoms with Gasteiger partial charge in [-0.15, -0.1) is 0 Å². The van der Waals surface area contributed by atoms with Gasteiger partial charge in [0, 0.05) is 18.5 Å². The summed E-state index contributed by atoms with van der Waals surface area (Å²) in [7, 11) is 0. The molecule has 0 fully saturated rings. The summed E-state index contributed by atoms with van der Waals surface area (Å²) in [4.78, 5) is 24.2. The largest absolute Gasteiger partial charge is 0.454 e. The van der Waals surface area contributed by atoms with Gasteiger partial charge in [0.05, 0.1) is 30.0 Å². The Morgan fingerprint density at radius 3 is 2.86 bits per heavy atom. The number of carbonyl (C=O) groups is 1. The number of fused-ring (bicyclic) bond motifs is 1. The predicted molar refractivity (Wildman–Crippen MR) is 99.4 cm³/mol. The third-order valence-electron chi connectivity index (χ3n) is 3.51. The number of nitrogens with one attached hydrogen (secondary N) is 1. The summed E-state index contributed by atoms with van der Waals surface area (Å²) in [6.45, 7) is 4.61. The normalized spacial score (nSPS) is 12.1. The molecule has 0 aliphatic rings. The summed E-state index contributed by atoms with van der Waals surface area (Å²) >= 11 is 0. The molecule has 0 saturated heterocycles. The zero-order valence-corrected chi connectivity index (χ0v) is 14.8. The number of halogens is 2. The van der Waals surface area contributed by atoms with Crippen LogP contribution in [0, 0.1) is 5.82 Å². The molecule has 3 rings (SSSR count). The summed E-state index contributed by atoms with van der Waals surface area (Å²) in [6.07, 6.45) is 9.54. The second-order valence-corrected chi connectivity index (χ2v) is 5.61. The van der Waals surface area contributed by atoms with Gasteiger partial charge in [0.15, 0.2) is 0 Å². The molecule has 0 unspecified atom stereocenters. The zero-order valence-electron chi connectivity index (χ0n) is 14.8. The number of ether oxygens (including phenoxy) is 1. The van der Waals surface area contributed by atoms with Crippen LogP contribution >= 0.6 is 0 Å².